The summed E-state index contributed by atoms with van der Waals surface area (Å²) in [5, 5.41) is 7.58. The third kappa shape index (κ3) is 6.10. The minimum absolute atomic E-state index is 0.155. The van der Waals surface area contributed by atoms with Gasteiger partial charge in [-0.2, -0.15) is 9.40 Å². The maximum atomic E-state index is 13.3. The molecule has 1 N–H and O–H groups in total. The predicted octanol–water partition coefficient (Wildman–Crippen LogP) is 4.52. The van der Waals surface area contributed by atoms with Gasteiger partial charge in [0.25, 0.3) is 0 Å². The lowest BCUT2D eigenvalue weighted by atomic mass is 9.92. The number of sulfonamides is 1. The number of rotatable bonds is 8. The molecule has 0 aliphatic rings. The van der Waals surface area contributed by atoms with Crippen molar-refractivity contribution in [3.05, 3.63) is 65.9 Å². The SMILES string of the molecule is COc1ccc(-n2nc(C(C)(C)C)cc2NC(=O)CN(C(C)C)S(=O)(=O)c2ccc(C)cc2)cc1. The fourth-order valence-electron chi connectivity index (χ4n) is 3.47. The predicted molar refractivity (Wildman–Crippen MR) is 138 cm³/mol. The molecular weight excluding hydrogens is 464 g/mol. The van der Waals surface area contributed by atoms with E-state index in [0.717, 1.165) is 16.9 Å². The van der Waals surface area contributed by atoms with E-state index in [-0.39, 0.29) is 16.9 Å². The van der Waals surface area contributed by atoms with Crippen molar-refractivity contribution in [1.29, 1.82) is 0 Å². The number of carbonyl (C=O) groups excluding carboxylic acids is 1. The van der Waals surface area contributed by atoms with E-state index in [0.29, 0.717) is 11.6 Å². The Balaban J connectivity index is 1.91. The van der Waals surface area contributed by atoms with Crippen molar-refractivity contribution in [2.75, 3.05) is 19.0 Å². The van der Waals surface area contributed by atoms with Crippen molar-refractivity contribution in [1.82, 2.24) is 14.1 Å². The van der Waals surface area contributed by atoms with Crippen LogP contribution in [0.4, 0.5) is 5.82 Å². The molecule has 1 aromatic heterocycles. The van der Waals surface area contributed by atoms with Gasteiger partial charge in [0.05, 0.1) is 29.9 Å². The van der Waals surface area contributed by atoms with Crippen LogP contribution in [0.5, 0.6) is 5.75 Å². The Hall–Kier alpha value is -3.17. The van der Waals surface area contributed by atoms with Crippen LogP contribution in [-0.2, 0) is 20.2 Å². The van der Waals surface area contributed by atoms with E-state index in [9.17, 15) is 13.2 Å². The standard InChI is InChI=1S/C26H34N4O4S/c1-18(2)29(35(32,33)22-14-8-19(3)9-15-22)17-25(31)27-24-16-23(26(4,5)6)28-30(24)20-10-12-21(34-7)13-11-20/h8-16,18H,17H2,1-7H3,(H,27,31). The highest BCUT2D eigenvalue weighted by atomic mass is 32.2. The summed E-state index contributed by atoms with van der Waals surface area (Å²) in [5.74, 6) is 0.711. The second kappa shape index (κ2) is 10.2. The summed E-state index contributed by atoms with van der Waals surface area (Å²) >= 11 is 0. The molecule has 1 heterocycles. The fourth-order valence-corrected chi connectivity index (χ4v) is 5.06. The van der Waals surface area contributed by atoms with Crippen LogP contribution in [0.1, 0.15) is 45.9 Å². The number of hydrogen-bond acceptors (Lipinski definition) is 5. The molecule has 0 saturated heterocycles. The van der Waals surface area contributed by atoms with E-state index in [1.165, 1.54) is 4.31 Å². The molecule has 0 atom stereocenters. The quantitative estimate of drug-likeness (QED) is 0.493. The highest BCUT2D eigenvalue weighted by molar-refractivity contribution is 7.89. The van der Waals surface area contributed by atoms with Crippen molar-refractivity contribution in [2.45, 2.75) is 57.9 Å². The molecule has 1 amide bonds. The number of amides is 1. The summed E-state index contributed by atoms with van der Waals surface area (Å²) in [6.07, 6.45) is 0. The maximum absolute atomic E-state index is 13.3. The molecule has 0 aliphatic heterocycles. The Morgan fingerprint density at radius 1 is 1.09 bits per heavy atom. The Kier molecular flexibility index (Phi) is 7.71. The van der Waals surface area contributed by atoms with Crippen molar-refractivity contribution >= 4 is 21.7 Å². The van der Waals surface area contributed by atoms with Gasteiger partial charge in [-0.1, -0.05) is 38.5 Å². The third-order valence-corrected chi connectivity index (χ3v) is 7.60. The average Bonchev–Trinajstić information content (AvgIpc) is 3.21. The molecule has 0 saturated carbocycles. The monoisotopic (exact) mass is 498 g/mol. The van der Waals surface area contributed by atoms with Gasteiger partial charge in [0.2, 0.25) is 15.9 Å². The number of benzene rings is 2. The van der Waals surface area contributed by atoms with E-state index < -0.39 is 22.0 Å². The molecule has 2 aromatic carbocycles. The summed E-state index contributed by atoms with van der Waals surface area (Å²) < 4.78 is 34.6. The lowest BCUT2D eigenvalue weighted by molar-refractivity contribution is -0.116. The van der Waals surface area contributed by atoms with E-state index in [2.05, 4.69) is 5.32 Å². The molecule has 0 fully saturated rings. The number of aryl methyl sites for hydroxylation is 1. The van der Waals surface area contributed by atoms with E-state index in [4.69, 9.17) is 9.84 Å². The van der Waals surface area contributed by atoms with E-state index >= 15 is 0 Å². The molecule has 0 unspecified atom stereocenters. The average molecular weight is 499 g/mol. The van der Waals surface area contributed by atoms with Crippen LogP contribution in [-0.4, -0.2) is 48.1 Å². The van der Waals surface area contributed by atoms with Gasteiger partial charge < -0.3 is 10.1 Å². The molecule has 9 heteroatoms. The second-order valence-corrected chi connectivity index (χ2v) is 11.7. The summed E-state index contributed by atoms with van der Waals surface area (Å²) in [7, 11) is -2.26. The molecule has 0 radical (unpaired) electrons. The molecular formula is C26H34N4O4S. The zero-order chi connectivity index (χ0) is 26.0. The summed E-state index contributed by atoms with van der Waals surface area (Å²) in [5.41, 5.74) is 2.23. The van der Waals surface area contributed by atoms with Crippen LogP contribution < -0.4 is 10.1 Å². The normalized spacial score (nSPS) is 12.3. The topological polar surface area (TPSA) is 93.5 Å². The smallest absolute Gasteiger partial charge is 0.243 e. The number of nitrogens with one attached hydrogen (secondary N) is 1. The van der Waals surface area contributed by atoms with Crippen molar-refractivity contribution in [3.63, 3.8) is 0 Å². The van der Waals surface area contributed by atoms with Crippen LogP contribution in [0.15, 0.2) is 59.5 Å². The Morgan fingerprint density at radius 3 is 2.20 bits per heavy atom. The first-order chi connectivity index (χ1) is 16.3. The number of anilines is 1. The summed E-state index contributed by atoms with van der Waals surface area (Å²) in [6, 6.07) is 15.3. The second-order valence-electron chi connectivity index (χ2n) is 9.78. The lowest BCUT2D eigenvalue weighted by Crippen LogP contribution is -2.42. The Morgan fingerprint density at radius 2 is 1.69 bits per heavy atom. The first-order valence-electron chi connectivity index (χ1n) is 11.5. The number of hydrogen-bond donors (Lipinski definition) is 1. The molecule has 0 bridgehead atoms. The van der Waals surface area contributed by atoms with Crippen LogP contribution >= 0.6 is 0 Å². The highest BCUT2D eigenvalue weighted by Crippen LogP contribution is 2.27. The number of aromatic nitrogens is 2. The van der Waals surface area contributed by atoms with Crippen molar-refractivity contribution < 1.29 is 17.9 Å². The van der Waals surface area contributed by atoms with Gasteiger partial charge in [0.1, 0.15) is 11.6 Å². The minimum Gasteiger partial charge on any atom is -0.497 e. The first kappa shape index (κ1) is 26.4. The van der Waals surface area contributed by atoms with Crippen molar-refractivity contribution in [2.24, 2.45) is 0 Å². The van der Waals surface area contributed by atoms with E-state index in [1.54, 1.807) is 49.9 Å². The largest absolute Gasteiger partial charge is 0.497 e. The van der Waals surface area contributed by atoms with Gasteiger partial charge in [-0.05, 0) is 57.2 Å². The maximum Gasteiger partial charge on any atom is 0.243 e. The molecule has 3 rings (SSSR count). The van der Waals surface area contributed by atoms with Crippen molar-refractivity contribution in [3.8, 4) is 11.4 Å². The molecule has 188 valence electrons. The molecule has 0 aliphatic carbocycles. The summed E-state index contributed by atoms with van der Waals surface area (Å²) in [4.78, 5) is 13.3. The van der Waals surface area contributed by atoms with E-state index in [1.807, 2.05) is 58.0 Å². The zero-order valence-electron chi connectivity index (χ0n) is 21.4. The number of carbonyl (C=O) groups is 1. The molecule has 3 aromatic rings. The number of ether oxygens (including phenoxy) is 1. The van der Waals surface area contributed by atoms with Gasteiger partial charge in [0.15, 0.2) is 0 Å². The first-order valence-corrected chi connectivity index (χ1v) is 12.9. The van der Waals surface area contributed by atoms with Gasteiger partial charge in [0, 0.05) is 17.5 Å². The van der Waals surface area contributed by atoms with Crippen LogP contribution in [0, 0.1) is 6.92 Å². The van der Waals surface area contributed by atoms with Gasteiger partial charge in [-0.25, -0.2) is 13.1 Å². The third-order valence-electron chi connectivity index (χ3n) is 5.57. The van der Waals surface area contributed by atoms with Crippen LogP contribution in [0.3, 0.4) is 0 Å². The van der Waals surface area contributed by atoms with Gasteiger partial charge in [-0.3, -0.25) is 4.79 Å². The van der Waals surface area contributed by atoms with Crippen LogP contribution in [0.25, 0.3) is 5.69 Å². The molecule has 35 heavy (non-hydrogen) atoms. The lowest BCUT2D eigenvalue weighted by Gasteiger charge is -2.25. The molecule has 8 nitrogen and oxygen atoms in total. The molecule has 0 spiro atoms. The zero-order valence-corrected chi connectivity index (χ0v) is 22.2. The highest BCUT2D eigenvalue weighted by Gasteiger charge is 2.30. The van der Waals surface area contributed by atoms with Gasteiger partial charge >= 0.3 is 0 Å². The Labute approximate surface area is 208 Å². The Bertz CT molecular complexity index is 1270. The van der Waals surface area contributed by atoms with Gasteiger partial charge in [-0.15, -0.1) is 0 Å². The number of methoxy groups -OCH3 is 1. The number of nitrogens with zero attached hydrogens (tertiary/aromatic N) is 3. The summed E-state index contributed by atoms with van der Waals surface area (Å²) in [6.45, 7) is 11.2. The fraction of sp³-hybridized carbons (Fsp3) is 0.385. The van der Waals surface area contributed by atoms with Crippen LogP contribution in [0.2, 0.25) is 0 Å². The minimum atomic E-state index is -3.86.